The third kappa shape index (κ3) is 2.92. The first-order valence-electron chi connectivity index (χ1n) is 6.03. The van der Waals surface area contributed by atoms with Crippen LogP contribution in [0.4, 0.5) is 5.13 Å². The molecule has 1 aromatic heterocycles. The maximum Gasteiger partial charge on any atom is 0.250 e. The van der Waals surface area contributed by atoms with Crippen molar-refractivity contribution in [2.24, 2.45) is 5.73 Å². The summed E-state index contributed by atoms with van der Waals surface area (Å²) in [6.07, 6.45) is 0. The molecule has 1 aromatic carbocycles. The summed E-state index contributed by atoms with van der Waals surface area (Å²) in [5.41, 5.74) is 5.98. The van der Waals surface area contributed by atoms with Crippen LogP contribution in [0.25, 0.3) is 0 Å². The second kappa shape index (κ2) is 5.52. The summed E-state index contributed by atoms with van der Waals surface area (Å²) in [5.74, 6) is -0.506. The molecule has 5 nitrogen and oxygen atoms in total. The van der Waals surface area contributed by atoms with Crippen molar-refractivity contribution in [2.45, 2.75) is 19.4 Å². The molecule has 0 fully saturated rings. The lowest BCUT2D eigenvalue weighted by Gasteiger charge is -2.23. The normalized spacial score (nSPS) is 13.6. The number of nitrogens with zero attached hydrogens (tertiary/aromatic N) is 1. The monoisotopic (exact) mass is 289 g/mol. The molecule has 2 aromatic rings. The minimum absolute atomic E-state index is 0.139. The molecule has 0 aliphatic rings. The number of rotatable bonds is 4. The van der Waals surface area contributed by atoms with E-state index in [0.717, 1.165) is 0 Å². The van der Waals surface area contributed by atoms with Crippen LogP contribution < -0.4 is 11.1 Å². The summed E-state index contributed by atoms with van der Waals surface area (Å²) < 4.78 is 0. The molecule has 1 heterocycles. The highest BCUT2D eigenvalue weighted by Gasteiger charge is 2.31. The molecule has 6 heteroatoms. The Hall–Kier alpha value is -2.05. The molecule has 0 saturated heterocycles. The maximum absolute atomic E-state index is 12.3. The Balaban J connectivity index is 2.16. The standard InChI is InChI=1S/C14H15N3O2S/c1-9(18)11-8-20-13(16-11)17-12(19)14(2,15)10-6-4-3-5-7-10/h3-8H,15H2,1-2H3,(H,16,17,19). The first kappa shape index (κ1) is 14.4. The Bertz CT molecular complexity index is 635. The highest BCUT2D eigenvalue weighted by molar-refractivity contribution is 7.14. The number of benzene rings is 1. The third-order valence-corrected chi connectivity index (χ3v) is 3.69. The van der Waals surface area contributed by atoms with Gasteiger partial charge in [-0.3, -0.25) is 9.59 Å². The molecule has 104 valence electrons. The van der Waals surface area contributed by atoms with Crippen LogP contribution in [0.5, 0.6) is 0 Å². The molecule has 0 aliphatic heterocycles. The molecule has 20 heavy (non-hydrogen) atoms. The van der Waals surface area contributed by atoms with Crippen LogP contribution in [-0.2, 0) is 10.3 Å². The highest BCUT2D eigenvalue weighted by Crippen LogP contribution is 2.22. The van der Waals surface area contributed by atoms with Gasteiger partial charge in [-0.15, -0.1) is 11.3 Å². The lowest BCUT2D eigenvalue weighted by molar-refractivity contribution is -0.120. The van der Waals surface area contributed by atoms with Crippen molar-refractivity contribution in [1.82, 2.24) is 4.98 Å². The average Bonchev–Trinajstić information content (AvgIpc) is 2.88. The minimum atomic E-state index is -1.16. The van der Waals surface area contributed by atoms with Crippen LogP contribution in [0.2, 0.25) is 0 Å². The van der Waals surface area contributed by atoms with E-state index in [4.69, 9.17) is 5.73 Å². The molecule has 0 bridgehead atoms. The van der Waals surface area contributed by atoms with E-state index in [9.17, 15) is 9.59 Å². The van der Waals surface area contributed by atoms with E-state index >= 15 is 0 Å². The number of hydrogen-bond donors (Lipinski definition) is 2. The summed E-state index contributed by atoms with van der Waals surface area (Å²) in [6, 6.07) is 9.10. The molecule has 0 spiro atoms. The maximum atomic E-state index is 12.3. The lowest BCUT2D eigenvalue weighted by Crippen LogP contribution is -2.45. The summed E-state index contributed by atoms with van der Waals surface area (Å²) in [4.78, 5) is 27.5. The van der Waals surface area contributed by atoms with Gasteiger partial charge in [-0.25, -0.2) is 4.98 Å². The second-order valence-corrected chi connectivity index (χ2v) is 5.47. The number of ketones is 1. The molecule has 2 rings (SSSR count). The van der Waals surface area contributed by atoms with Crippen LogP contribution in [0.1, 0.15) is 29.9 Å². The minimum Gasteiger partial charge on any atom is -0.314 e. The molecule has 1 atom stereocenters. The molecule has 1 amide bonds. The summed E-state index contributed by atoms with van der Waals surface area (Å²) in [6.45, 7) is 3.06. The molecule has 0 radical (unpaired) electrons. The predicted octanol–water partition coefficient (Wildman–Crippen LogP) is 2.16. The van der Waals surface area contributed by atoms with E-state index in [1.54, 1.807) is 24.4 Å². The van der Waals surface area contributed by atoms with Gasteiger partial charge in [0.15, 0.2) is 10.9 Å². The topological polar surface area (TPSA) is 85.1 Å². The number of nitrogens with one attached hydrogen (secondary N) is 1. The van der Waals surface area contributed by atoms with Gasteiger partial charge in [0.05, 0.1) is 0 Å². The first-order valence-corrected chi connectivity index (χ1v) is 6.91. The number of carbonyl (C=O) groups excluding carboxylic acids is 2. The molecule has 0 saturated carbocycles. The van der Waals surface area contributed by atoms with Crippen LogP contribution in [0.15, 0.2) is 35.7 Å². The Morgan fingerprint density at radius 3 is 2.50 bits per heavy atom. The predicted molar refractivity (Wildman–Crippen MR) is 78.7 cm³/mol. The zero-order chi connectivity index (χ0) is 14.8. The molecular formula is C14H15N3O2S. The number of thiazole rings is 1. The van der Waals surface area contributed by atoms with Gasteiger partial charge in [0, 0.05) is 12.3 Å². The van der Waals surface area contributed by atoms with Crippen molar-refractivity contribution in [2.75, 3.05) is 5.32 Å². The molecule has 0 aliphatic carbocycles. The zero-order valence-electron chi connectivity index (χ0n) is 11.2. The van der Waals surface area contributed by atoms with E-state index in [0.29, 0.717) is 16.4 Å². The third-order valence-electron chi connectivity index (χ3n) is 2.93. The van der Waals surface area contributed by atoms with Crippen LogP contribution in [0.3, 0.4) is 0 Å². The van der Waals surface area contributed by atoms with E-state index in [1.807, 2.05) is 18.2 Å². The van der Waals surface area contributed by atoms with Gasteiger partial charge in [0.1, 0.15) is 11.2 Å². The average molecular weight is 289 g/mol. The van der Waals surface area contributed by atoms with E-state index < -0.39 is 5.54 Å². The second-order valence-electron chi connectivity index (χ2n) is 4.62. The fourth-order valence-corrected chi connectivity index (χ4v) is 2.38. The van der Waals surface area contributed by atoms with Gasteiger partial charge in [-0.05, 0) is 12.5 Å². The Labute approximate surface area is 120 Å². The van der Waals surface area contributed by atoms with Gasteiger partial charge in [-0.2, -0.15) is 0 Å². The Morgan fingerprint density at radius 2 is 1.95 bits per heavy atom. The number of carbonyl (C=O) groups is 2. The SMILES string of the molecule is CC(=O)c1csc(NC(=O)C(C)(N)c2ccccc2)n1. The summed E-state index contributed by atoms with van der Waals surface area (Å²) in [5, 5.41) is 4.62. The lowest BCUT2D eigenvalue weighted by atomic mass is 9.92. The van der Waals surface area contributed by atoms with Crippen molar-refractivity contribution < 1.29 is 9.59 Å². The Kier molecular flexibility index (Phi) is 3.96. The summed E-state index contributed by atoms with van der Waals surface area (Å²) in [7, 11) is 0. The van der Waals surface area contributed by atoms with Crippen molar-refractivity contribution >= 4 is 28.2 Å². The van der Waals surface area contributed by atoms with Crippen molar-refractivity contribution in [3.63, 3.8) is 0 Å². The molecular weight excluding hydrogens is 274 g/mol. The van der Waals surface area contributed by atoms with Crippen molar-refractivity contribution in [3.8, 4) is 0 Å². The van der Waals surface area contributed by atoms with Gasteiger partial charge < -0.3 is 11.1 Å². The Morgan fingerprint density at radius 1 is 1.30 bits per heavy atom. The number of Topliss-reactive ketones (excluding diaryl/α,β-unsaturated/α-hetero) is 1. The van der Waals surface area contributed by atoms with Crippen LogP contribution in [-0.4, -0.2) is 16.7 Å². The number of amides is 1. The smallest absolute Gasteiger partial charge is 0.250 e. The zero-order valence-corrected chi connectivity index (χ0v) is 12.0. The largest absolute Gasteiger partial charge is 0.314 e. The number of hydrogen-bond acceptors (Lipinski definition) is 5. The first-order chi connectivity index (χ1) is 9.41. The van der Waals surface area contributed by atoms with Crippen molar-refractivity contribution in [1.29, 1.82) is 0 Å². The quantitative estimate of drug-likeness (QED) is 0.845. The van der Waals surface area contributed by atoms with Gasteiger partial charge >= 0.3 is 0 Å². The fourth-order valence-electron chi connectivity index (χ4n) is 1.64. The van der Waals surface area contributed by atoms with E-state index in [2.05, 4.69) is 10.3 Å². The van der Waals surface area contributed by atoms with E-state index in [1.165, 1.54) is 18.3 Å². The van der Waals surface area contributed by atoms with Gasteiger partial charge in [0.25, 0.3) is 5.91 Å². The molecule has 3 N–H and O–H groups in total. The fraction of sp³-hybridized carbons (Fsp3) is 0.214. The van der Waals surface area contributed by atoms with Gasteiger partial charge in [0.2, 0.25) is 0 Å². The summed E-state index contributed by atoms with van der Waals surface area (Å²) >= 11 is 1.20. The van der Waals surface area contributed by atoms with Crippen LogP contribution >= 0.6 is 11.3 Å². The highest BCUT2D eigenvalue weighted by atomic mass is 32.1. The van der Waals surface area contributed by atoms with E-state index in [-0.39, 0.29) is 11.7 Å². The van der Waals surface area contributed by atoms with Crippen molar-refractivity contribution in [3.05, 3.63) is 47.0 Å². The van der Waals surface area contributed by atoms with Crippen LogP contribution in [0, 0.1) is 0 Å². The molecule has 1 unspecified atom stereocenters. The number of nitrogens with two attached hydrogens (primary N) is 1. The number of aromatic nitrogens is 1. The van der Waals surface area contributed by atoms with Gasteiger partial charge in [-0.1, -0.05) is 30.3 Å². The number of anilines is 1.